The fourth-order valence-electron chi connectivity index (χ4n) is 2.57. The van der Waals surface area contributed by atoms with Gasteiger partial charge in [-0.3, -0.25) is 0 Å². The molecule has 3 aromatic rings. The van der Waals surface area contributed by atoms with Crippen molar-refractivity contribution in [3.63, 3.8) is 0 Å². The summed E-state index contributed by atoms with van der Waals surface area (Å²) in [6.45, 7) is 4.48. The van der Waals surface area contributed by atoms with Crippen molar-refractivity contribution in [1.29, 1.82) is 0 Å². The molecule has 0 bridgehead atoms. The quantitative estimate of drug-likeness (QED) is 0.723. The zero-order valence-corrected chi connectivity index (χ0v) is 14.1. The molecule has 0 spiro atoms. The van der Waals surface area contributed by atoms with Gasteiger partial charge in [0.05, 0.1) is 5.69 Å². The van der Waals surface area contributed by atoms with Gasteiger partial charge in [0.1, 0.15) is 12.4 Å². The normalized spacial score (nSPS) is 10.8. The van der Waals surface area contributed by atoms with Crippen LogP contribution in [-0.2, 0) is 20.1 Å². The number of hydrogen-bond acceptors (Lipinski definition) is 4. The minimum atomic E-state index is -0.278. The van der Waals surface area contributed by atoms with Crippen LogP contribution in [0.3, 0.4) is 0 Å². The maximum atomic E-state index is 12.2. The smallest absolute Gasteiger partial charge is 0.368 e. The first-order valence-corrected chi connectivity index (χ1v) is 7.89. The molecule has 0 aliphatic rings. The Kier molecular flexibility index (Phi) is 4.46. The fourth-order valence-corrected chi connectivity index (χ4v) is 2.57. The van der Waals surface area contributed by atoms with E-state index in [2.05, 4.69) is 17.4 Å². The van der Waals surface area contributed by atoms with E-state index < -0.39 is 0 Å². The van der Waals surface area contributed by atoms with Gasteiger partial charge in [-0.05, 0) is 47.5 Å². The predicted molar refractivity (Wildman–Crippen MR) is 91.5 cm³/mol. The second-order valence-corrected chi connectivity index (χ2v) is 5.67. The largest absolute Gasteiger partial charge is 0.489 e. The van der Waals surface area contributed by atoms with Crippen LogP contribution in [0.2, 0.25) is 0 Å². The second-order valence-electron chi connectivity index (χ2n) is 5.67. The van der Waals surface area contributed by atoms with E-state index in [4.69, 9.17) is 4.74 Å². The van der Waals surface area contributed by atoms with Gasteiger partial charge in [-0.25, -0.2) is 4.79 Å². The van der Waals surface area contributed by atoms with Crippen LogP contribution in [0.5, 0.6) is 5.75 Å². The third kappa shape index (κ3) is 3.08. The molecule has 24 heavy (non-hydrogen) atoms. The van der Waals surface area contributed by atoms with Gasteiger partial charge in [0.15, 0.2) is 0 Å². The molecule has 124 valence electrons. The van der Waals surface area contributed by atoms with Crippen molar-refractivity contribution in [1.82, 2.24) is 19.8 Å². The van der Waals surface area contributed by atoms with E-state index in [-0.39, 0.29) is 5.69 Å². The van der Waals surface area contributed by atoms with E-state index in [1.807, 2.05) is 49.4 Å². The Morgan fingerprint density at radius 3 is 2.46 bits per heavy atom. The molecule has 6 heteroatoms. The lowest BCUT2D eigenvalue weighted by molar-refractivity contribution is 0.304. The van der Waals surface area contributed by atoms with Crippen LogP contribution < -0.4 is 10.4 Å². The molecule has 0 fully saturated rings. The highest BCUT2D eigenvalue weighted by molar-refractivity contribution is 5.45. The van der Waals surface area contributed by atoms with E-state index >= 15 is 0 Å². The lowest BCUT2D eigenvalue weighted by Crippen LogP contribution is -2.23. The summed E-state index contributed by atoms with van der Waals surface area (Å²) in [5.41, 5.74) is 3.68. The van der Waals surface area contributed by atoms with E-state index in [1.54, 1.807) is 7.05 Å². The molecule has 6 nitrogen and oxygen atoms in total. The van der Waals surface area contributed by atoms with E-state index in [0.717, 1.165) is 23.3 Å². The Balaban J connectivity index is 1.97. The molecule has 0 atom stereocenters. The first-order valence-electron chi connectivity index (χ1n) is 7.89. The Bertz CT molecular complexity index is 894. The number of aromatic nitrogens is 4. The van der Waals surface area contributed by atoms with Gasteiger partial charge >= 0.3 is 5.69 Å². The third-order valence-electron chi connectivity index (χ3n) is 3.98. The van der Waals surface area contributed by atoms with E-state index in [0.29, 0.717) is 12.3 Å². The Morgan fingerprint density at radius 1 is 1.08 bits per heavy atom. The van der Waals surface area contributed by atoms with Gasteiger partial charge in [0, 0.05) is 12.6 Å². The van der Waals surface area contributed by atoms with Crippen molar-refractivity contribution in [3.05, 3.63) is 69.6 Å². The van der Waals surface area contributed by atoms with E-state index in [9.17, 15) is 4.79 Å². The molecule has 0 aliphatic carbocycles. The van der Waals surface area contributed by atoms with Gasteiger partial charge in [0.2, 0.25) is 0 Å². The number of tetrazole rings is 1. The first kappa shape index (κ1) is 16.0. The molecule has 0 amide bonds. The summed E-state index contributed by atoms with van der Waals surface area (Å²) in [7, 11) is 1.58. The van der Waals surface area contributed by atoms with E-state index in [1.165, 1.54) is 14.9 Å². The summed E-state index contributed by atoms with van der Waals surface area (Å²) in [5, 5.41) is 7.74. The maximum absolute atomic E-state index is 12.2. The molecule has 0 radical (unpaired) electrons. The average Bonchev–Trinajstić information content (AvgIpc) is 2.93. The Morgan fingerprint density at radius 2 is 1.83 bits per heavy atom. The SMILES string of the molecule is CCc1cccc(-n2nnn(C)c2=O)c1COc1ccc(C)cc1. The van der Waals surface area contributed by atoms with Crippen molar-refractivity contribution < 1.29 is 4.74 Å². The number of ether oxygens (including phenoxy) is 1. The van der Waals surface area contributed by atoms with Crippen molar-refractivity contribution in [2.24, 2.45) is 7.05 Å². The molecular weight excluding hydrogens is 304 g/mol. The standard InChI is InChI=1S/C18H20N4O2/c1-4-14-6-5-7-17(22-18(23)21(3)19-20-22)16(14)12-24-15-10-8-13(2)9-11-15/h5-11H,4,12H2,1-3H3. The molecule has 1 aromatic heterocycles. The molecule has 0 saturated carbocycles. The minimum absolute atomic E-state index is 0.278. The topological polar surface area (TPSA) is 61.9 Å². The van der Waals surface area contributed by atoms with Gasteiger partial charge in [-0.15, -0.1) is 0 Å². The van der Waals surface area contributed by atoms with Crippen LogP contribution in [0.4, 0.5) is 0 Å². The van der Waals surface area contributed by atoms with Crippen LogP contribution in [0, 0.1) is 6.92 Å². The summed E-state index contributed by atoms with van der Waals surface area (Å²) in [4.78, 5) is 12.2. The molecule has 1 heterocycles. The summed E-state index contributed by atoms with van der Waals surface area (Å²) in [6, 6.07) is 13.7. The van der Waals surface area contributed by atoms with Crippen LogP contribution in [0.15, 0.2) is 47.3 Å². The maximum Gasteiger partial charge on any atom is 0.368 e. The summed E-state index contributed by atoms with van der Waals surface area (Å²) >= 11 is 0. The average molecular weight is 324 g/mol. The molecule has 0 N–H and O–H groups in total. The molecule has 2 aromatic carbocycles. The van der Waals surface area contributed by atoms with Gasteiger partial charge in [-0.1, -0.05) is 36.8 Å². The van der Waals surface area contributed by atoms with Gasteiger partial charge in [0.25, 0.3) is 0 Å². The van der Waals surface area contributed by atoms with Crippen molar-refractivity contribution in [3.8, 4) is 11.4 Å². The zero-order valence-electron chi connectivity index (χ0n) is 14.1. The lowest BCUT2D eigenvalue weighted by atomic mass is 10.0. The number of rotatable bonds is 5. The molecule has 0 unspecified atom stereocenters. The third-order valence-corrected chi connectivity index (χ3v) is 3.98. The number of benzene rings is 2. The summed E-state index contributed by atoms with van der Waals surface area (Å²) in [5.74, 6) is 0.795. The van der Waals surface area contributed by atoms with Gasteiger partial charge in [-0.2, -0.15) is 9.36 Å². The first-order chi connectivity index (χ1) is 11.6. The predicted octanol–water partition coefficient (Wildman–Crippen LogP) is 2.42. The van der Waals surface area contributed by atoms with Gasteiger partial charge < -0.3 is 4.74 Å². The second kappa shape index (κ2) is 6.70. The van der Waals surface area contributed by atoms with Crippen LogP contribution in [-0.4, -0.2) is 19.8 Å². The van der Waals surface area contributed by atoms with Crippen LogP contribution in [0.25, 0.3) is 5.69 Å². The van der Waals surface area contributed by atoms with Crippen molar-refractivity contribution in [2.75, 3.05) is 0 Å². The molecule has 0 saturated heterocycles. The monoisotopic (exact) mass is 324 g/mol. The molecule has 3 rings (SSSR count). The molecular formula is C18H20N4O2. The van der Waals surface area contributed by atoms with Crippen LogP contribution >= 0.6 is 0 Å². The number of aryl methyl sites for hydroxylation is 3. The number of nitrogens with zero attached hydrogens (tertiary/aromatic N) is 4. The summed E-state index contributed by atoms with van der Waals surface area (Å²) < 4.78 is 8.45. The van der Waals surface area contributed by atoms with Crippen molar-refractivity contribution in [2.45, 2.75) is 26.9 Å². The highest BCUT2D eigenvalue weighted by Crippen LogP contribution is 2.21. The summed E-state index contributed by atoms with van der Waals surface area (Å²) in [6.07, 6.45) is 0.843. The lowest BCUT2D eigenvalue weighted by Gasteiger charge is -2.14. The minimum Gasteiger partial charge on any atom is -0.489 e. The molecule has 0 aliphatic heterocycles. The van der Waals surface area contributed by atoms with Crippen molar-refractivity contribution >= 4 is 0 Å². The highest BCUT2D eigenvalue weighted by Gasteiger charge is 2.14. The highest BCUT2D eigenvalue weighted by atomic mass is 16.5. The fraction of sp³-hybridized carbons (Fsp3) is 0.278. The number of hydrogen-bond donors (Lipinski definition) is 0. The Hall–Kier alpha value is -2.89. The zero-order chi connectivity index (χ0) is 17.1. The van der Waals surface area contributed by atoms with Crippen LogP contribution in [0.1, 0.15) is 23.6 Å². The Labute approximate surface area is 140 Å².